The number of thioether (sulfide) groups is 1. The Balaban J connectivity index is 1.66. The first-order valence-electron chi connectivity index (χ1n) is 9.49. The summed E-state index contributed by atoms with van der Waals surface area (Å²) < 4.78 is 25.4. The minimum atomic E-state index is -3.66. The van der Waals surface area contributed by atoms with E-state index in [1.807, 2.05) is 26.0 Å². The second-order valence-corrected chi connectivity index (χ2v) is 10.6. The Morgan fingerprint density at radius 2 is 1.93 bits per heavy atom. The topological polar surface area (TPSA) is 92.3 Å². The van der Waals surface area contributed by atoms with Crippen LogP contribution in [0.5, 0.6) is 0 Å². The van der Waals surface area contributed by atoms with Crippen LogP contribution in [0, 0.1) is 0 Å². The molecule has 0 unspecified atom stereocenters. The molecule has 3 rings (SSSR count). The molecule has 0 saturated heterocycles. The molecule has 2 aromatic carbocycles. The zero-order valence-electron chi connectivity index (χ0n) is 16.4. The van der Waals surface area contributed by atoms with Gasteiger partial charge in [0.05, 0.1) is 16.3 Å². The summed E-state index contributed by atoms with van der Waals surface area (Å²) in [6.07, 6.45) is 1.14. The van der Waals surface area contributed by atoms with Crippen LogP contribution in [0.1, 0.15) is 32.3 Å². The van der Waals surface area contributed by atoms with Gasteiger partial charge in [-0.2, -0.15) is 0 Å². The Labute approximate surface area is 175 Å². The van der Waals surface area contributed by atoms with Gasteiger partial charge in [-0.1, -0.05) is 26.0 Å². The van der Waals surface area contributed by atoms with Crippen molar-refractivity contribution in [1.82, 2.24) is 0 Å². The Bertz CT molecular complexity index is 1020. The zero-order chi connectivity index (χ0) is 21.0. The van der Waals surface area contributed by atoms with Crippen molar-refractivity contribution in [2.75, 3.05) is 16.4 Å². The first-order valence-corrected chi connectivity index (χ1v) is 12.0. The third-order valence-corrected chi connectivity index (χ3v) is 7.52. The minimum Gasteiger partial charge on any atom is -0.326 e. The number of fused-ring (bicyclic) bond motifs is 1. The molecule has 154 valence electrons. The van der Waals surface area contributed by atoms with Gasteiger partial charge < -0.3 is 10.6 Å². The van der Waals surface area contributed by atoms with Gasteiger partial charge in [0.1, 0.15) is 0 Å². The molecule has 8 heteroatoms. The first-order chi connectivity index (χ1) is 13.8. The summed E-state index contributed by atoms with van der Waals surface area (Å²) in [5.41, 5.74) is 2.31. The molecule has 2 amide bonds. The lowest BCUT2D eigenvalue weighted by molar-refractivity contribution is -0.116. The molecule has 1 atom stereocenters. The van der Waals surface area contributed by atoms with Gasteiger partial charge in [-0.25, -0.2) is 8.42 Å². The molecule has 0 aliphatic carbocycles. The van der Waals surface area contributed by atoms with Crippen molar-refractivity contribution < 1.29 is 18.0 Å². The average Bonchev–Trinajstić information content (AvgIpc) is 2.82. The van der Waals surface area contributed by atoms with Gasteiger partial charge in [-0.05, 0) is 42.3 Å². The fourth-order valence-electron chi connectivity index (χ4n) is 3.02. The first kappa shape index (κ1) is 21.4. The van der Waals surface area contributed by atoms with Crippen LogP contribution in [0.3, 0.4) is 0 Å². The number of benzene rings is 2. The van der Waals surface area contributed by atoms with Gasteiger partial charge in [0, 0.05) is 28.7 Å². The van der Waals surface area contributed by atoms with Crippen molar-refractivity contribution in [1.29, 1.82) is 0 Å². The van der Waals surface area contributed by atoms with Crippen molar-refractivity contribution in [3.63, 3.8) is 0 Å². The lowest BCUT2D eigenvalue weighted by Gasteiger charge is -2.11. The van der Waals surface area contributed by atoms with E-state index in [1.165, 1.54) is 23.9 Å². The quantitative estimate of drug-likeness (QED) is 0.723. The van der Waals surface area contributed by atoms with E-state index in [1.54, 1.807) is 18.2 Å². The normalized spacial score (nSPS) is 16.5. The predicted octanol–water partition coefficient (Wildman–Crippen LogP) is 3.87. The minimum absolute atomic E-state index is 0.104. The van der Waals surface area contributed by atoms with Crippen molar-refractivity contribution >= 4 is 44.8 Å². The largest absolute Gasteiger partial charge is 0.326 e. The van der Waals surface area contributed by atoms with Gasteiger partial charge in [-0.15, -0.1) is 11.8 Å². The highest BCUT2D eigenvalue weighted by Gasteiger charge is 2.22. The number of nitrogens with one attached hydrogen (secondary N) is 2. The fraction of sp³-hybridized carbons (Fsp3) is 0.333. The molecule has 1 aliphatic heterocycles. The maximum atomic E-state index is 12.7. The van der Waals surface area contributed by atoms with E-state index in [9.17, 15) is 18.0 Å². The number of carbonyl (C=O) groups excluding carboxylic acids is 2. The number of amides is 2. The lowest BCUT2D eigenvalue weighted by Crippen LogP contribution is -2.18. The fourth-order valence-corrected chi connectivity index (χ4v) is 5.33. The summed E-state index contributed by atoms with van der Waals surface area (Å²) in [5, 5.41) is 5.61. The van der Waals surface area contributed by atoms with Crippen molar-refractivity contribution in [3.8, 4) is 0 Å². The Hall–Kier alpha value is -2.32. The molecule has 0 saturated carbocycles. The number of hydrogen-bond acceptors (Lipinski definition) is 5. The number of sulfone groups is 1. The highest BCUT2D eigenvalue weighted by Crippen LogP contribution is 2.36. The zero-order valence-corrected chi connectivity index (χ0v) is 18.0. The maximum Gasteiger partial charge on any atom is 0.225 e. The summed E-state index contributed by atoms with van der Waals surface area (Å²) in [6, 6.07) is 12.2. The van der Waals surface area contributed by atoms with Crippen LogP contribution in [0.25, 0.3) is 0 Å². The third kappa shape index (κ3) is 5.61. The second kappa shape index (κ2) is 9.00. The molecule has 0 bridgehead atoms. The molecule has 1 heterocycles. The number of hydrogen-bond donors (Lipinski definition) is 2. The van der Waals surface area contributed by atoms with Gasteiger partial charge in [-0.3, -0.25) is 9.59 Å². The summed E-state index contributed by atoms with van der Waals surface area (Å²) in [5.74, 6) is -0.792. The summed E-state index contributed by atoms with van der Waals surface area (Å²) >= 11 is 1.54. The number of carbonyl (C=O) groups is 2. The summed E-state index contributed by atoms with van der Waals surface area (Å²) in [7, 11) is -3.66. The molecule has 2 N–H and O–H groups in total. The average molecular weight is 433 g/mol. The molecule has 0 aromatic heterocycles. The van der Waals surface area contributed by atoms with E-state index in [4.69, 9.17) is 0 Å². The molecule has 29 heavy (non-hydrogen) atoms. The van der Waals surface area contributed by atoms with Crippen LogP contribution >= 0.6 is 11.8 Å². The standard InChI is InChI=1S/C21H24N2O4S2/c1-3-15-4-6-16(7-5-15)22-20(24)10-11-29(26,27)17-8-9-19-18(13-17)23-21(25)12-14(2)28-19/h4-9,13-14H,3,10-12H2,1-2H3,(H,22,24)(H,23,25)/t14-/m1/s1. The summed E-state index contributed by atoms with van der Waals surface area (Å²) in [4.78, 5) is 25.0. The van der Waals surface area contributed by atoms with Gasteiger partial charge in [0.2, 0.25) is 11.8 Å². The van der Waals surface area contributed by atoms with E-state index in [-0.39, 0.29) is 34.1 Å². The van der Waals surface area contributed by atoms with Crippen LogP contribution in [0.4, 0.5) is 11.4 Å². The van der Waals surface area contributed by atoms with E-state index in [0.717, 1.165) is 16.9 Å². The van der Waals surface area contributed by atoms with E-state index < -0.39 is 9.84 Å². The van der Waals surface area contributed by atoms with Crippen molar-refractivity contribution in [3.05, 3.63) is 48.0 Å². The third-order valence-electron chi connectivity index (χ3n) is 4.63. The van der Waals surface area contributed by atoms with E-state index in [0.29, 0.717) is 17.8 Å². The van der Waals surface area contributed by atoms with Crippen molar-refractivity contribution in [2.24, 2.45) is 0 Å². The molecule has 0 radical (unpaired) electrons. The van der Waals surface area contributed by atoms with Gasteiger partial charge >= 0.3 is 0 Å². The number of aryl methyl sites for hydroxylation is 1. The number of anilines is 2. The number of rotatable bonds is 6. The predicted molar refractivity (Wildman–Crippen MR) is 116 cm³/mol. The Kier molecular flexibility index (Phi) is 6.64. The Morgan fingerprint density at radius 3 is 2.62 bits per heavy atom. The van der Waals surface area contributed by atoms with E-state index >= 15 is 0 Å². The van der Waals surface area contributed by atoms with E-state index in [2.05, 4.69) is 10.6 Å². The SMILES string of the molecule is CCc1ccc(NC(=O)CCS(=O)(=O)c2ccc3c(c2)NC(=O)C[C@@H](C)S3)cc1. The monoisotopic (exact) mass is 432 g/mol. The highest BCUT2D eigenvalue weighted by molar-refractivity contribution is 8.00. The summed E-state index contributed by atoms with van der Waals surface area (Å²) in [6.45, 7) is 4.00. The van der Waals surface area contributed by atoms with Crippen LogP contribution in [-0.2, 0) is 25.8 Å². The second-order valence-electron chi connectivity index (χ2n) is 7.01. The molecule has 0 spiro atoms. The van der Waals surface area contributed by atoms with Crippen LogP contribution < -0.4 is 10.6 Å². The molecule has 1 aliphatic rings. The smallest absolute Gasteiger partial charge is 0.225 e. The van der Waals surface area contributed by atoms with Crippen LogP contribution in [0.2, 0.25) is 0 Å². The Morgan fingerprint density at radius 1 is 1.21 bits per heavy atom. The van der Waals surface area contributed by atoms with Crippen LogP contribution in [0.15, 0.2) is 52.3 Å². The molecule has 6 nitrogen and oxygen atoms in total. The lowest BCUT2D eigenvalue weighted by atomic mass is 10.1. The molecule has 2 aromatic rings. The highest BCUT2D eigenvalue weighted by atomic mass is 32.2. The molecular formula is C21H24N2O4S2. The molecule has 0 fully saturated rings. The van der Waals surface area contributed by atoms with Crippen molar-refractivity contribution in [2.45, 2.75) is 48.2 Å². The molecular weight excluding hydrogens is 408 g/mol. The maximum absolute atomic E-state index is 12.7. The van der Waals surface area contributed by atoms with Gasteiger partial charge in [0.25, 0.3) is 0 Å². The van der Waals surface area contributed by atoms with Gasteiger partial charge in [0.15, 0.2) is 9.84 Å². The van der Waals surface area contributed by atoms with Crippen LogP contribution in [-0.4, -0.2) is 31.2 Å².